The van der Waals surface area contributed by atoms with E-state index in [0.717, 1.165) is 12.1 Å². The summed E-state index contributed by atoms with van der Waals surface area (Å²) in [5.41, 5.74) is 1.46. The predicted molar refractivity (Wildman–Crippen MR) is 69.2 cm³/mol. The summed E-state index contributed by atoms with van der Waals surface area (Å²) >= 11 is 1.20. The molecule has 0 amide bonds. The fourth-order valence-electron chi connectivity index (χ4n) is 2.42. The van der Waals surface area contributed by atoms with Crippen LogP contribution in [0.15, 0.2) is 11.4 Å². The average Bonchev–Trinajstić information content (AvgIpc) is 2.81. The lowest BCUT2D eigenvalue weighted by Gasteiger charge is -2.17. The molecule has 17 heavy (non-hydrogen) atoms. The first-order valence-corrected chi connectivity index (χ1v) is 6.79. The molecule has 2 rings (SSSR count). The van der Waals surface area contributed by atoms with Crippen molar-refractivity contribution in [1.29, 1.82) is 0 Å². The molecule has 1 aliphatic carbocycles. The van der Waals surface area contributed by atoms with Crippen molar-refractivity contribution in [2.75, 3.05) is 0 Å². The number of rotatable bonds is 4. The van der Waals surface area contributed by atoms with Gasteiger partial charge in [-0.25, -0.2) is 0 Å². The van der Waals surface area contributed by atoms with Gasteiger partial charge in [-0.05, 0) is 30.2 Å². The van der Waals surface area contributed by atoms with Gasteiger partial charge >= 0.3 is 5.00 Å². The Balaban J connectivity index is 1.84. The molecule has 1 aliphatic rings. The van der Waals surface area contributed by atoms with E-state index in [1.165, 1.54) is 30.6 Å². The van der Waals surface area contributed by atoms with Crippen LogP contribution in [0.2, 0.25) is 0 Å². The van der Waals surface area contributed by atoms with Gasteiger partial charge in [0, 0.05) is 24.0 Å². The highest BCUT2D eigenvalue weighted by molar-refractivity contribution is 7.13. The molecule has 0 aromatic carbocycles. The normalized spacial score (nSPS) is 22.8. The first-order valence-electron chi connectivity index (χ1n) is 5.91. The monoisotopic (exact) mass is 254 g/mol. The van der Waals surface area contributed by atoms with E-state index in [1.807, 2.05) is 5.38 Å². The number of nitrogens with zero attached hydrogens (tertiary/aromatic N) is 1. The van der Waals surface area contributed by atoms with Crippen LogP contribution in [-0.2, 0) is 6.54 Å². The number of nitro groups is 1. The third kappa shape index (κ3) is 3.26. The number of hydrogen-bond donors (Lipinski definition) is 1. The van der Waals surface area contributed by atoms with E-state index in [-0.39, 0.29) is 9.92 Å². The van der Waals surface area contributed by atoms with E-state index in [1.54, 1.807) is 6.07 Å². The largest absolute Gasteiger partial charge is 0.324 e. The van der Waals surface area contributed by atoms with Crippen molar-refractivity contribution in [2.45, 2.75) is 45.7 Å². The second kappa shape index (κ2) is 4.74. The molecule has 4 nitrogen and oxygen atoms in total. The smallest absolute Gasteiger partial charge is 0.310 e. The topological polar surface area (TPSA) is 55.2 Å². The van der Waals surface area contributed by atoms with Gasteiger partial charge in [-0.1, -0.05) is 25.2 Å². The van der Waals surface area contributed by atoms with E-state index in [2.05, 4.69) is 19.2 Å². The molecule has 1 N–H and O–H groups in total. The van der Waals surface area contributed by atoms with Crippen LogP contribution in [0.25, 0.3) is 0 Å². The van der Waals surface area contributed by atoms with Gasteiger partial charge in [0.1, 0.15) is 0 Å². The molecule has 1 fully saturated rings. The number of nitrogens with one attached hydrogen (secondary N) is 1. The second-order valence-electron chi connectivity index (χ2n) is 5.54. The van der Waals surface area contributed by atoms with Gasteiger partial charge in [-0.3, -0.25) is 10.1 Å². The predicted octanol–water partition coefficient (Wildman–Crippen LogP) is 3.32. The molecule has 1 aromatic heterocycles. The van der Waals surface area contributed by atoms with Gasteiger partial charge in [-0.2, -0.15) is 0 Å². The van der Waals surface area contributed by atoms with E-state index in [0.29, 0.717) is 11.5 Å². The Kier molecular flexibility index (Phi) is 3.49. The summed E-state index contributed by atoms with van der Waals surface area (Å²) in [7, 11) is 0. The quantitative estimate of drug-likeness (QED) is 0.662. The minimum absolute atomic E-state index is 0.230. The molecule has 5 heteroatoms. The fourth-order valence-corrected chi connectivity index (χ4v) is 3.15. The SMILES string of the molecule is CC1(C)CCC(NCc2csc([N+](=O)[O-])c2)C1. The lowest BCUT2D eigenvalue weighted by molar-refractivity contribution is -0.380. The maximum Gasteiger partial charge on any atom is 0.324 e. The highest BCUT2D eigenvalue weighted by Crippen LogP contribution is 2.37. The Hall–Kier alpha value is -0.940. The van der Waals surface area contributed by atoms with Crippen molar-refractivity contribution in [3.63, 3.8) is 0 Å². The van der Waals surface area contributed by atoms with Crippen LogP contribution in [0, 0.1) is 15.5 Å². The second-order valence-corrected chi connectivity index (χ2v) is 6.42. The molecule has 0 spiro atoms. The summed E-state index contributed by atoms with van der Waals surface area (Å²) in [6.45, 7) is 5.33. The average molecular weight is 254 g/mol. The summed E-state index contributed by atoms with van der Waals surface area (Å²) < 4.78 is 0. The minimum Gasteiger partial charge on any atom is -0.310 e. The molecule has 0 radical (unpaired) electrons. The highest BCUT2D eigenvalue weighted by Gasteiger charge is 2.30. The van der Waals surface area contributed by atoms with Crippen molar-refractivity contribution < 1.29 is 4.92 Å². The van der Waals surface area contributed by atoms with Crippen LogP contribution in [0.3, 0.4) is 0 Å². The summed E-state index contributed by atoms with van der Waals surface area (Å²) in [6, 6.07) is 2.22. The molecule has 1 atom stereocenters. The van der Waals surface area contributed by atoms with Gasteiger partial charge in [0.05, 0.1) is 4.92 Å². The molecule has 1 heterocycles. The molecule has 1 saturated carbocycles. The first kappa shape index (κ1) is 12.5. The van der Waals surface area contributed by atoms with Crippen molar-refractivity contribution in [1.82, 2.24) is 5.32 Å². The van der Waals surface area contributed by atoms with E-state index >= 15 is 0 Å². The Morgan fingerprint density at radius 2 is 2.41 bits per heavy atom. The van der Waals surface area contributed by atoms with Crippen molar-refractivity contribution in [2.24, 2.45) is 5.41 Å². The van der Waals surface area contributed by atoms with Crippen molar-refractivity contribution in [3.05, 3.63) is 27.1 Å². The zero-order valence-corrected chi connectivity index (χ0v) is 11.0. The molecule has 0 bridgehead atoms. The molecule has 0 aliphatic heterocycles. The summed E-state index contributed by atoms with van der Waals surface area (Å²) in [4.78, 5) is 10.2. The summed E-state index contributed by atoms with van der Waals surface area (Å²) in [5.74, 6) is 0. The van der Waals surface area contributed by atoms with Gasteiger partial charge in [0.25, 0.3) is 0 Å². The lowest BCUT2D eigenvalue weighted by atomic mass is 9.92. The molecule has 1 aromatic rings. The Morgan fingerprint density at radius 3 is 2.94 bits per heavy atom. The van der Waals surface area contributed by atoms with E-state index in [4.69, 9.17) is 0 Å². The van der Waals surface area contributed by atoms with Gasteiger partial charge in [-0.15, -0.1) is 0 Å². The first-order chi connectivity index (χ1) is 7.96. The Labute approximate surface area is 105 Å². The number of hydrogen-bond acceptors (Lipinski definition) is 4. The molecule has 1 unspecified atom stereocenters. The van der Waals surface area contributed by atoms with Crippen LogP contribution in [0.5, 0.6) is 0 Å². The molecular weight excluding hydrogens is 236 g/mol. The minimum atomic E-state index is -0.327. The zero-order valence-electron chi connectivity index (χ0n) is 10.2. The molecule has 94 valence electrons. The van der Waals surface area contributed by atoms with Gasteiger partial charge < -0.3 is 5.32 Å². The molecular formula is C12H18N2O2S. The maximum absolute atomic E-state index is 10.6. The van der Waals surface area contributed by atoms with Crippen LogP contribution >= 0.6 is 11.3 Å². The van der Waals surface area contributed by atoms with Crippen LogP contribution in [0.4, 0.5) is 5.00 Å². The van der Waals surface area contributed by atoms with Crippen molar-refractivity contribution >= 4 is 16.3 Å². The van der Waals surface area contributed by atoms with E-state index < -0.39 is 0 Å². The summed E-state index contributed by atoms with van der Waals surface area (Å²) in [6.07, 6.45) is 3.66. The van der Waals surface area contributed by atoms with Crippen molar-refractivity contribution in [3.8, 4) is 0 Å². The lowest BCUT2D eigenvalue weighted by Crippen LogP contribution is -2.26. The summed E-state index contributed by atoms with van der Waals surface area (Å²) in [5, 5.41) is 16.1. The fraction of sp³-hybridized carbons (Fsp3) is 0.667. The third-order valence-electron chi connectivity index (χ3n) is 3.38. The van der Waals surface area contributed by atoms with E-state index in [9.17, 15) is 10.1 Å². The van der Waals surface area contributed by atoms with Gasteiger partial charge in [0.2, 0.25) is 0 Å². The Bertz CT molecular complexity index is 414. The zero-order chi connectivity index (χ0) is 12.5. The Morgan fingerprint density at radius 1 is 1.65 bits per heavy atom. The van der Waals surface area contributed by atoms with Crippen LogP contribution in [-0.4, -0.2) is 11.0 Å². The number of thiophene rings is 1. The maximum atomic E-state index is 10.6. The van der Waals surface area contributed by atoms with Gasteiger partial charge in [0.15, 0.2) is 0 Å². The van der Waals surface area contributed by atoms with Crippen LogP contribution in [0.1, 0.15) is 38.7 Å². The van der Waals surface area contributed by atoms with Crippen LogP contribution < -0.4 is 5.32 Å². The molecule has 0 saturated heterocycles. The highest BCUT2D eigenvalue weighted by atomic mass is 32.1. The standard InChI is InChI=1S/C12H18N2O2S/c1-12(2)4-3-10(6-12)13-7-9-5-11(14(15)16)17-8-9/h5,8,10,13H,3-4,6-7H2,1-2H3. The third-order valence-corrected chi connectivity index (χ3v) is 4.31.